The molecule has 51 heavy (non-hydrogen) atoms. The molecule has 0 fully saturated rings. The van der Waals surface area contributed by atoms with E-state index in [1.54, 1.807) is 6.07 Å². The second kappa shape index (κ2) is 15.1. The molecule has 4 aromatic carbocycles. The highest BCUT2D eigenvalue weighted by Crippen LogP contribution is 2.45. The number of carbonyl (C=O) groups is 1. The summed E-state index contributed by atoms with van der Waals surface area (Å²) in [5.74, 6) is 0.0237. The van der Waals surface area contributed by atoms with Crippen molar-refractivity contribution in [1.29, 1.82) is 0 Å². The van der Waals surface area contributed by atoms with Crippen molar-refractivity contribution in [1.82, 2.24) is 14.3 Å². The largest absolute Gasteiger partial charge is 0.493 e. The molecule has 0 radical (unpaired) electrons. The summed E-state index contributed by atoms with van der Waals surface area (Å²) >= 11 is 7.23. The van der Waals surface area contributed by atoms with Crippen LogP contribution in [0.1, 0.15) is 59.4 Å². The Morgan fingerprint density at radius 3 is 2.63 bits per heavy atom. The zero-order valence-corrected chi connectivity index (χ0v) is 29.9. The zero-order valence-electron chi connectivity index (χ0n) is 29.1. The highest BCUT2D eigenvalue weighted by atomic mass is 35.5. The number of rotatable bonds is 10. The standard InChI is InChI=1S/C42H41ClFN3O4/c1-4-34-38-37-33(43)21-20-32-31(16-12-24-50-35-17-11-15-28-26-29(44)18-19-30(28)35)41(42(48)49-5-2)47(40(32)37)22-9-10-23-51-36(39(38)45-46(34)3)25-27-13-7-6-8-14-27/h6-11,13-15,17-21,26,36H,4-5,12,16,22-25H2,1-3H3/b10-9-. The summed E-state index contributed by atoms with van der Waals surface area (Å²) in [6.07, 6.45) is 6.25. The average Bonchev–Trinajstić information content (AvgIpc) is 3.62. The molecular formula is C42H41ClFN3O4. The van der Waals surface area contributed by atoms with Gasteiger partial charge in [0, 0.05) is 47.6 Å². The lowest BCUT2D eigenvalue weighted by atomic mass is 9.94. The number of fused-ring (bicyclic) bond motifs is 3. The molecule has 6 aromatic rings. The van der Waals surface area contributed by atoms with Crippen molar-refractivity contribution in [2.24, 2.45) is 7.05 Å². The first kappa shape index (κ1) is 34.5. The van der Waals surface area contributed by atoms with E-state index in [1.807, 2.05) is 83.9 Å². The monoisotopic (exact) mass is 705 g/mol. The molecule has 3 heterocycles. The fourth-order valence-corrected chi connectivity index (χ4v) is 7.60. The Bertz CT molecular complexity index is 2240. The van der Waals surface area contributed by atoms with Crippen molar-refractivity contribution in [2.45, 2.75) is 52.2 Å². The number of ether oxygens (including phenoxy) is 3. The lowest BCUT2D eigenvalue weighted by Gasteiger charge is -2.19. The SMILES string of the molecule is CCOC(=O)c1c(CCCOc2cccc3cc(F)ccc23)c2ccc(Cl)c3c2n1C/C=C\COC(Cc1ccccc1)c1nn(C)c(CC)c1-3. The molecule has 1 unspecified atom stereocenters. The Labute approximate surface area is 302 Å². The van der Waals surface area contributed by atoms with E-state index in [0.717, 1.165) is 61.7 Å². The Kier molecular flexibility index (Phi) is 10.2. The quantitative estimate of drug-likeness (QED) is 0.0807. The van der Waals surface area contributed by atoms with Crippen LogP contribution in [0.25, 0.3) is 32.8 Å². The van der Waals surface area contributed by atoms with E-state index in [9.17, 15) is 9.18 Å². The number of esters is 1. The fourth-order valence-electron chi connectivity index (χ4n) is 7.35. The molecule has 0 bridgehead atoms. The van der Waals surface area contributed by atoms with E-state index < -0.39 is 0 Å². The summed E-state index contributed by atoms with van der Waals surface area (Å²) in [5, 5.41) is 8.22. The summed E-state index contributed by atoms with van der Waals surface area (Å²) in [5.41, 5.74) is 7.03. The number of halogens is 2. The second-order valence-corrected chi connectivity index (χ2v) is 13.1. The lowest BCUT2D eigenvalue weighted by molar-refractivity contribution is 0.0513. The minimum atomic E-state index is -0.383. The number of benzene rings is 4. The van der Waals surface area contributed by atoms with Gasteiger partial charge in [0.05, 0.1) is 36.1 Å². The van der Waals surface area contributed by atoms with Gasteiger partial charge in [0.15, 0.2) is 0 Å². The number of aromatic nitrogens is 3. The number of hydrogen-bond acceptors (Lipinski definition) is 5. The van der Waals surface area contributed by atoms with Gasteiger partial charge in [-0.2, -0.15) is 5.10 Å². The zero-order chi connectivity index (χ0) is 35.5. The second-order valence-electron chi connectivity index (χ2n) is 12.7. The smallest absolute Gasteiger partial charge is 0.355 e. The van der Waals surface area contributed by atoms with Gasteiger partial charge < -0.3 is 18.8 Å². The van der Waals surface area contributed by atoms with Gasteiger partial charge in [-0.3, -0.25) is 4.68 Å². The topological polar surface area (TPSA) is 67.5 Å². The highest BCUT2D eigenvalue weighted by Gasteiger charge is 2.32. The maximum absolute atomic E-state index is 13.9. The summed E-state index contributed by atoms with van der Waals surface area (Å²) in [6, 6.07) is 24.6. The molecular weight excluding hydrogens is 665 g/mol. The molecule has 262 valence electrons. The average molecular weight is 706 g/mol. The number of carbonyl (C=O) groups excluding carboxylic acids is 1. The molecule has 0 spiro atoms. The first-order chi connectivity index (χ1) is 24.9. The summed E-state index contributed by atoms with van der Waals surface area (Å²) < 4.78 is 36.4. The molecule has 0 saturated carbocycles. The third-order valence-corrected chi connectivity index (χ3v) is 9.89. The van der Waals surface area contributed by atoms with E-state index in [2.05, 4.69) is 19.1 Å². The lowest BCUT2D eigenvalue weighted by Crippen LogP contribution is -2.14. The third kappa shape index (κ3) is 6.78. The van der Waals surface area contributed by atoms with Crippen molar-refractivity contribution >= 4 is 39.2 Å². The Balaban J connectivity index is 1.35. The third-order valence-electron chi connectivity index (χ3n) is 9.57. The Morgan fingerprint density at radius 2 is 1.82 bits per heavy atom. The molecule has 1 atom stereocenters. The van der Waals surface area contributed by atoms with Crippen LogP contribution in [0.5, 0.6) is 5.75 Å². The maximum atomic E-state index is 13.9. The number of aryl methyl sites for hydroxylation is 2. The summed E-state index contributed by atoms with van der Waals surface area (Å²) in [6.45, 7) is 5.38. The van der Waals surface area contributed by atoms with E-state index in [4.69, 9.17) is 30.9 Å². The Hall–Kier alpha value is -4.92. The van der Waals surface area contributed by atoms with Gasteiger partial charge in [0.1, 0.15) is 23.4 Å². The number of allylic oxidation sites excluding steroid dienone is 1. The van der Waals surface area contributed by atoms with Crippen LogP contribution < -0.4 is 4.74 Å². The number of nitrogens with zero attached hydrogens (tertiary/aromatic N) is 3. The summed E-state index contributed by atoms with van der Waals surface area (Å²) in [7, 11) is 1.96. The van der Waals surface area contributed by atoms with E-state index in [1.165, 1.54) is 12.1 Å². The van der Waals surface area contributed by atoms with Gasteiger partial charge in [0.2, 0.25) is 0 Å². The van der Waals surface area contributed by atoms with Gasteiger partial charge in [-0.15, -0.1) is 0 Å². The molecule has 9 heteroatoms. The van der Waals surface area contributed by atoms with E-state index in [-0.39, 0.29) is 24.5 Å². The van der Waals surface area contributed by atoms with Gasteiger partial charge in [-0.05, 0) is 73.0 Å². The van der Waals surface area contributed by atoms with Crippen LogP contribution in [-0.2, 0) is 42.3 Å². The molecule has 1 aliphatic rings. The van der Waals surface area contributed by atoms with Crippen LogP contribution >= 0.6 is 11.6 Å². The van der Waals surface area contributed by atoms with Crippen molar-refractivity contribution in [2.75, 3.05) is 19.8 Å². The Morgan fingerprint density at radius 1 is 1.00 bits per heavy atom. The maximum Gasteiger partial charge on any atom is 0.355 e. The van der Waals surface area contributed by atoms with Crippen LogP contribution in [0.4, 0.5) is 4.39 Å². The normalized spacial score (nSPS) is 15.0. The number of hydrogen-bond donors (Lipinski definition) is 0. The van der Waals surface area contributed by atoms with E-state index in [0.29, 0.717) is 55.5 Å². The minimum Gasteiger partial charge on any atom is -0.493 e. The summed E-state index contributed by atoms with van der Waals surface area (Å²) in [4.78, 5) is 13.9. The van der Waals surface area contributed by atoms with Crippen LogP contribution in [0.2, 0.25) is 5.02 Å². The first-order valence-electron chi connectivity index (χ1n) is 17.6. The van der Waals surface area contributed by atoms with E-state index >= 15 is 0 Å². The molecule has 7 nitrogen and oxygen atoms in total. The van der Waals surface area contributed by atoms with Crippen molar-refractivity contribution in [3.63, 3.8) is 0 Å². The predicted molar refractivity (Wildman–Crippen MR) is 200 cm³/mol. The molecule has 0 amide bonds. The molecule has 0 saturated heterocycles. The van der Waals surface area contributed by atoms with Crippen LogP contribution in [-0.4, -0.2) is 40.1 Å². The van der Waals surface area contributed by atoms with Crippen molar-refractivity contribution in [3.05, 3.63) is 130 Å². The molecule has 7 rings (SSSR count). The predicted octanol–water partition coefficient (Wildman–Crippen LogP) is 9.61. The van der Waals surface area contributed by atoms with Gasteiger partial charge >= 0.3 is 5.97 Å². The molecule has 2 aromatic heterocycles. The van der Waals surface area contributed by atoms with Crippen molar-refractivity contribution < 1.29 is 23.4 Å². The van der Waals surface area contributed by atoms with Gasteiger partial charge in [-0.1, -0.05) is 79.2 Å². The minimum absolute atomic E-state index is 0.246. The highest BCUT2D eigenvalue weighted by molar-refractivity contribution is 6.35. The molecule has 1 aliphatic heterocycles. The van der Waals surface area contributed by atoms with Crippen LogP contribution in [0, 0.1) is 5.82 Å². The van der Waals surface area contributed by atoms with Gasteiger partial charge in [0.25, 0.3) is 0 Å². The fraction of sp³-hybridized carbons (Fsp3) is 0.286. The molecule has 0 N–H and O–H groups in total. The van der Waals surface area contributed by atoms with Gasteiger partial charge in [-0.25, -0.2) is 9.18 Å². The first-order valence-corrected chi connectivity index (χ1v) is 18.0. The molecule has 0 aliphatic carbocycles. The van der Waals surface area contributed by atoms with Crippen LogP contribution in [0.3, 0.4) is 0 Å². The van der Waals surface area contributed by atoms with Crippen molar-refractivity contribution in [3.8, 4) is 16.9 Å². The van der Waals surface area contributed by atoms with Crippen LogP contribution in [0.15, 0.2) is 91.0 Å².